The Morgan fingerprint density at radius 2 is 2.24 bits per heavy atom. The molecule has 0 atom stereocenters. The van der Waals surface area contributed by atoms with Gasteiger partial charge in [-0.25, -0.2) is 4.98 Å². The number of ether oxygens (including phenoxy) is 1. The molecule has 0 aliphatic heterocycles. The predicted molar refractivity (Wildman–Crippen MR) is 81.8 cm³/mol. The van der Waals surface area contributed by atoms with Crippen LogP contribution in [0.2, 0.25) is 10.0 Å². The van der Waals surface area contributed by atoms with Crippen LogP contribution in [-0.2, 0) is 6.61 Å². The first-order chi connectivity index (χ1) is 10.1. The number of fused-ring (bicyclic) bond motifs is 1. The molecule has 0 saturated heterocycles. The number of aryl methyl sites for hydroxylation is 1. The fourth-order valence-electron chi connectivity index (χ4n) is 1.83. The zero-order valence-corrected chi connectivity index (χ0v) is 13.2. The second-order valence-corrected chi connectivity index (χ2v) is 6.14. The van der Waals surface area contributed by atoms with E-state index in [1.165, 1.54) is 15.9 Å². The van der Waals surface area contributed by atoms with Gasteiger partial charge >= 0.3 is 0 Å². The molecule has 0 aliphatic carbocycles. The van der Waals surface area contributed by atoms with Gasteiger partial charge in [0.2, 0.25) is 4.96 Å². The minimum atomic E-state index is 0.243. The van der Waals surface area contributed by atoms with Gasteiger partial charge in [0.25, 0.3) is 0 Å². The molecule has 21 heavy (non-hydrogen) atoms. The van der Waals surface area contributed by atoms with E-state index < -0.39 is 0 Å². The van der Waals surface area contributed by atoms with Gasteiger partial charge in [0.1, 0.15) is 18.1 Å². The molecule has 2 aromatic heterocycles. The highest BCUT2D eigenvalue weighted by molar-refractivity contribution is 7.16. The van der Waals surface area contributed by atoms with Crippen molar-refractivity contribution in [3.8, 4) is 5.75 Å². The third-order valence-corrected chi connectivity index (χ3v) is 4.23. The molecule has 0 N–H and O–H groups in total. The predicted octanol–water partition coefficient (Wildman–Crippen LogP) is 3.80. The summed E-state index contributed by atoms with van der Waals surface area (Å²) in [7, 11) is 0. The minimum absolute atomic E-state index is 0.243. The number of benzene rings is 1. The molecule has 5 nitrogen and oxygen atoms in total. The highest BCUT2D eigenvalue weighted by Gasteiger charge is 2.13. The molecule has 108 valence electrons. The highest BCUT2D eigenvalue weighted by Crippen LogP contribution is 2.28. The van der Waals surface area contributed by atoms with Crippen molar-refractivity contribution >= 4 is 45.8 Å². The summed E-state index contributed by atoms with van der Waals surface area (Å²) in [4.78, 5) is 16.0. The average Bonchev–Trinajstić information content (AvgIpc) is 2.93. The quantitative estimate of drug-likeness (QED) is 0.677. The van der Waals surface area contributed by atoms with Crippen LogP contribution in [0.25, 0.3) is 4.96 Å². The number of hydrogen-bond donors (Lipinski definition) is 0. The largest absolute Gasteiger partial charge is 0.485 e. The van der Waals surface area contributed by atoms with Crippen molar-refractivity contribution < 1.29 is 9.53 Å². The van der Waals surface area contributed by atoms with E-state index in [1.807, 2.05) is 0 Å². The Balaban J connectivity index is 1.82. The molecule has 0 radical (unpaired) electrons. The van der Waals surface area contributed by atoms with Gasteiger partial charge in [-0.3, -0.25) is 4.79 Å². The Hall–Kier alpha value is -1.63. The van der Waals surface area contributed by atoms with E-state index in [0.29, 0.717) is 37.2 Å². The van der Waals surface area contributed by atoms with Crippen molar-refractivity contribution in [3.05, 3.63) is 44.6 Å². The summed E-state index contributed by atoms with van der Waals surface area (Å²) in [6.07, 6.45) is 0.746. The number of aromatic nitrogens is 3. The molecule has 0 fully saturated rings. The number of hydrogen-bond acceptors (Lipinski definition) is 5. The van der Waals surface area contributed by atoms with Crippen LogP contribution >= 0.6 is 34.5 Å². The zero-order valence-electron chi connectivity index (χ0n) is 10.8. The lowest BCUT2D eigenvalue weighted by molar-refractivity contribution is 0.111. The highest BCUT2D eigenvalue weighted by atomic mass is 35.5. The number of imidazole rings is 1. The van der Waals surface area contributed by atoms with Gasteiger partial charge in [0, 0.05) is 5.02 Å². The fourth-order valence-corrected chi connectivity index (χ4v) is 3.15. The van der Waals surface area contributed by atoms with Gasteiger partial charge in [-0.05, 0) is 25.1 Å². The SMILES string of the molecule is Cc1nc2sc(COc3ccc(Cl)cc3Cl)nn2c1C=O. The molecule has 0 spiro atoms. The fraction of sp³-hybridized carbons (Fsp3) is 0.154. The van der Waals surface area contributed by atoms with E-state index >= 15 is 0 Å². The molecular formula is C13H9Cl2N3O2S. The summed E-state index contributed by atoms with van der Waals surface area (Å²) in [5, 5.41) is 6.00. The van der Waals surface area contributed by atoms with Crippen molar-refractivity contribution in [2.45, 2.75) is 13.5 Å². The van der Waals surface area contributed by atoms with Crippen molar-refractivity contribution in [2.75, 3.05) is 0 Å². The minimum Gasteiger partial charge on any atom is -0.485 e. The maximum atomic E-state index is 11.0. The molecule has 0 saturated carbocycles. The monoisotopic (exact) mass is 341 g/mol. The molecule has 0 bridgehead atoms. The molecule has 8 heteroatoms. The first-order valence-corrected chi connectivity index (χ1v) is 7.54. The average molecular weight is 342 g/mol. The summed E-state index contributed by atoms with van der Waals surface area (Å²) < 4.78 is 7.13. The topological polar surface area (TPSA) is 56.5 Å². The Morgan fingerprint density at radius 1 is 1.43 bits per heavy atom. The van der Waals surface area contributed by atoms with E-state index in [9.17, 15) is 4.79 Å². The van der Waals surface area contributed by atoms with Crippen LogP contribution in [0.5, 0.6) is 5.75 Å². The molecule has 3 aromatic rings. The molecular weight excluding hydrogens is 333 g/mol. The number of halogens is 2. The van der Waals surface area contributed by atoms with Gasteiger partial charge in [0.05, 0.1) is 10.7 Å². The second-order valence-electron chi connectivity index (χ2n) is 4.25. The van der Waals surface area contributed by atoms with Gasteiger partial charge in [-0.15, -0.1) is 0 Å². The summed E-state index contributed by atoms with van der Waals surface area (Å²) in [5.41, 5.74) is 1.12. The number of aldehydes is 1. The van der Waals surface area contributed by atoms with E-state index in [-0.39, 0.29) is 6.61 Å². The Morgan fingerprint density at radius 3 is 2.95 bits per heavy atom. The van der Waals surface area contributed by atoms with E-state index in [2.05, 4.69) is 10.1 Å². The lowest BCUT2D eigenvalue weighted by atomic mass is 10.3. The van der Waals surface area contributed by atoms with Crippen LogP contribution < -0.4 is 4.74 Å². The summed E-state index contributed by atoms with van der Waals surface area (Å²) in [6, 6.07) is 5.01. The zero-order chi connectivity index (χ0) is 15.0. The van der Waals surface area contributed by atoms with Crippen LogP contribution in [0.3, 0.4) is 0 Å². The van der Waals surface area contributed by atoms with Crippen LogP contribution in [0.4, 0.5) is 0 Å². The molecule has 0 amide bonds. The van der Waals surface area contributed by atoms with Crippen LogP contribution in [0.15, 0.2) is 18.2 Å². The van der Waals surface area contributed by atoms with E-state index in [4.69, 9.17) is 27.9 Å². The third kappa shape index (κ3) is 2.74. The summed E-state index contributed by atoms with van der Waals surface area (Å²) >= 11 is 13.2. The second kappa shape index (κ2) is 5.63. The third-order valence-electron chi connectivity index (χ3n) is 2.82. The number of carbonyl (C=O) groups excluding carboxylic acids is 1. The smallest absolute Gasteiger partial charge is 0.213 e. The number of nitrogens with zero attached hydrogens (tertiary/aromatic N) is 3. The molecule has 3 rings (SSSR count). The van der Waals surface area contributed by atoms with Crippen molar-refractivity contribution in [2.24, 2.45) is 0 Å². The Bertz CT molecular complexity index is 828. The van der Waals surface area contributed by atoms with Crippen LogP contribution in [0.1, 0.15) is 21.2 Å². The summed E-state index contributed by atoms with van der Waals surface area (Å²) in [5.74, 6) is 0.528. The van der Waals surface area contributed by atoms with Crippen LogP contribution in [-0.4, -0.2) is 20.9 Å². The standard InChI is InChI=1S/C13H9Cl2N3O2S/c1-7-10(5-19)18-13(16-7)21-12(17-18)6-20-11-3-2-8(14)4-9(11)15/h2-5H,6H2,1H3. The van der Waals surface area contributed by atoms with Gasteiger partial charge in [-0.1, -0.05) is 34.5 Å². The lowest BCUT2D eigenvalue weighted by Crippen LogP contribution is -1.99. The van der Waals surface area contributed by atoms with Gasteiger partial charge < -0.3 is 4.74 Å². The Kier molecular flexibility index (Phi) is 3.84. The van der Waals surface area contributed by atoms with E-state index in [1.54, 1.807) is 25.1 Å². The van der Waals surface area contributed by atoms with Gasteiger partial charge in [-0.2, -0.15) is 9.61 Å². The molecule has 2 heterocycles. The molecule has 0 unspecified atom stereocenters. The van der Waals surface area contributed by atoms with Crippen molar-refractivity contribution in [3.63, 3.8) is 0 Å². The lowest BCUT2D eigenvalue weighted by Gasteiger charge is -2.05. The molecule has 1 aromatic carbocycles. The maximum absolute atomic E-state index is 11.0. The first-order valence-electron chi connectivity index (χ1n) is 5.96. The normalized spacial score (nSPS) is 11.0. The molecule has 0 aliphatic rings. The van der Waals surface area contributed by atoms with Gasteiger partial charge in [0.15, 0.2) is 11.3 Å². The van der Waals surface area contributed by atoms with Crippen molar-refractivity contribution in [1.29, 1.82) is 0 Å². The maximum Gasteiger partial charge on any atom is 0.213 e. The number of carbonyl (C=O) groups is 1. The summed E-state index contributed by atoms with van der Waals surface area (Å²) in [6.45, 7) is 2.02. The Labute approximate surface area is 134 Å². The van der Waals surface area contributed by atoms with Crippen molar-refractivity contribution in [1.82, 2.24) is 14.6 Å². The van der Waals surface area contributed by atoms with E-state index in [0.717, 1.165) is 6.29 Å². The number of rotatable bonds is 4. The van der Waals surface area contributed by atoms with Crippen LogP contribution in [0, 0.1) is 6.92 Å². The first kappa shape index (κ1) is 14.3.